The van der Waals surface area contributed by atoms with E-state index in [-0.39, 0.29) is 16.8 Å². The second kappa shape index (κ2) is 7.33. The first-order valence-corrected chi connectivity index (χ1v) is 9.51. The van der Waals surface area contributed by atoms with Crippen LogP contribution in [0.3, 0.4) is 0 Å². The van der Waals surface area contributed by atoms with Gasteiger partial charge in [0.15, 0.2) is 0 Å². The number of nitrogens with zero attached hydrogens (tertiary/aromatic N) is 2. The van der Waals surface area contributed by atoms with Crippen LogP contribution in [-0.4, -0.2) is 24.9 Å². The summed E-state index contributed by atoms with van der Waals surface area (Å²) in [5, 5.41) is 0. The smallest absolute Gasteiger partial charge is 0.0658 e. The molecule has 0 saturated carbocycles. The summed E-state index contributed by atoms with van der Waals surface area (Å²) in [5.41, 5.74) is 9.83. The second-order valence-electron chi connectivity index (χ2n) is 7.19. The fraction of sp³-hybridized carbons (Fsp3) is 0. The van der Waals surface area contributed by atoms with E-state index >= 15 is 0 Å². The van der Waals surface area contributed by atoms with Gasteiger partial charge in [0.25, 0.3) is 0 Å². The van der Waals surface area contributed by atoms with E-state index in [4.69, 9.17) is 9.97 Å². The molecule has 0 atom stereocenters. The zero-order valence-electron chi connectivity index (χ0n) is 15.8. The average molecular weight is 434 g/mol. The van der Waals surface area contributed by atoms with E-state index in [1.54, 1.807) is 0 Å². The molecule has 0 amide bonds. The molecule has 1 radical (unpaired) electrons. The predicted molar refractivity (Wildman–Crippen MR) is 120 cm³/mol. The van der Waals surface area contributed by atoms with E-state index in [2.05, 4.69) is 51.4 Å². The monoisotopic (exact) mass is 434 g/mol. The Bertz CT molecular complexity index is 1400. The summed E-state index contributed by atoms with van der Waals surface area (Å²) in [6.07, 6.45) is 8.10. The van der Waals surface area contributed by atoms with E-state index in [1.165, 1.54) is 0 Å². The molecule has 0 spiro atoms. The first kappa shape index (κ1) is 18.4. The number of aromatic amines is 3. The number of fused-ring (bicyclic) bond motifs is 11. The summed E-state index contributed by atoms with van der Waals surface area (Å²) in [6, 6.07) is 20.6. The van der Waals surface area contributed by atoms with Gasteiger partial charge in [-0.05, 0) is 85.0 Å². The summed E-state index contributed by atoms with van der Waals surface area (Å²) in [5.74, 6) is 0. The van der Waals surface area contributed by atoms with Crippen LogP contribution in [0.2, 0.25) is 0 Å². The van der Waals surface area contributed by atoms with Crippen molar-refractivity contribution in [2.45, 2.75) is 0 Å². The van der Waals surface area contributed by atoms with Gasteiger partial charge in [-0.15, -0.1) is 0 Å². The normalized spacial score (nSPS) is 12.1. The molecule has 3 N–H and O–H groups in total. The molecule has 10 bridgehead atoms. The Balaban J connectivity index is 0.00000193. The first-order chi connectivity index (χ1) is 14.3. The van der Waals surface area contributed by atoms with E-state index in [9.17, 15) is 0 Å². The van der Waals surface area contributed by atoms with Gasteiger partial charge >= 0.3 is 0 Å². The standard InChI is InChI=1S/C24H17N5.Co/c1-2-16-12-18-4-6-20(27-18)14-22-8-10-24(29-22)23-9-7-21(28-23)13-19-5-3-17(26-19)11-15(1)25-16;/h1-14,25,28-29H;. The number of H-pyrrole nitrogens is 3. The molecule has 2 aliphatic rings. The van der Waals surface area contributed by atoms with Crippen molar-refractivity contribution in [2.75, 3.05) is 0 Å². The molecule has 0 saturated heterocycles. The number of nitrogens with one attached hydrogen (secondary N) is 3. The molecule has 6 heteroatoms. The minimum absolute atomic E-state index is 0. The summed E-state index contributed by atoms with van der Waals surface area (Å²) in [7, 11) is 0. The van der Waals surface area contributed by atoms with Crippen molar-refractivity contribution in [3.05, 3.63) is 83.4 Å². The minimum Gasteiger partial charge on any atom is -0.355 e. The van der Waals surface area contributed by atoms with Crippen LogP contribution in [0.4, 0.5) is 0 Å². The third-order valence-corrected chi connectivity index (χ3v) is 5.02. The van der Waals surface area contributed by atoms with Crippen molar-refractivity contribution in [1.82, 2.24) is 24.9 Å². The maximum atomic E-state index is 4.69. The van der Waals surface area contributed by atoms with Gasteiger partial charge in [-0.3, -0.25) is 0 Å². The Morgan fingerprint density at radius 2 is 0.767 bits per heavy atom. The zero-order valence-corrected chi connectivity index (χ0v) is 16.9. The molecule has 0 aromatic carbocycles. The van der Waals surface area contributed by atoms with Crippen LogP contribution in [0.5, 0.6) is 0 Å². The molecular weight excluding hydrogens is 417 g/mol. The van der Waals surface area contributed by atoms with Crippen LogP contribution in [0, 0.1) is 0 Å². The summed E-state index contributed by atoms with van der Waals surface area (Å²) in [6.45, 7) is 0. The van der Waals surface area contributed by atoms with Crippen molar-refractivity contribution >= 4 is 57.4 Å². The first-order valence-electron chi connectivity index (χ1n) is 9.51. The summed E-state index contributed by atoms with van der Waals surface area (Å²) < 4.78 is 0. The third kappa shape index (κ3) is 3.54. The van der Waals surface area contributed by atoms with E-state index in [1.807, 2.05) is 48.6 Å². The van der Waals surface area contributed by atoms with Crippen LogP contribution in [0.1, 0.15) is 22.8 Å². The van der Waals surface area contributed by atoms with Gasteiger partial charge in [-0.1, -0.05) is 0 Å². The molecule has 147 valence electrons. The van der Waals surface area contributed by atoms with E-state index in [0.717, 1.165) is 55.9 Å². The SMILES string of the molecule is C1=Cc2cc3ccc([nH]3)c3ccc(cc4nc(cc5ccc(cc1n2)[nH]5)C=C4)[nH]3.[Co]. The van der Waals surface area contributed by atoms with E-state index < -0.39 is 0 Å². The number of aromatic nitrogens is 5. The Morgan fingerprint density at radius 1 is 0.433 bits per heavy atom. The molecule has 0 aliphatic carbocycles. The predicted octanol–water partition coefficient (Wildman–Crippen LogP) is 5.70. The maximum Gasteiger partial charge on any atom is 0.0658 e. The largest absolute Gasteiger partial charge is 0.355 e. The van der Waals surface area contributed by atoms with Gasteiger partial charge in [-0.2, -0.15) is 0 Å². The second-order valence-corrected chi connectivity index (χ2v) is 7.19. The molecule has 4 aromatic rings. The van der Waals surface area contributed by atoms with E-state index in [0.29, 0.717) is 0 Å². The van der Waals surface area contributed by atoms with Crippen LogP contribution in [-0.2, 0) is 16.8 Å². The fourth-order valence-corrected chi connectivity index (χ4v) is 3.65. The Morgan fingerprint density at radius 3 is 1.17 bits per heavy atom. The Kier molecular flexibility index (Phi) is 4.50. The molecule has 5 nitrogen and oxygen atoms in total. The van der Waals surface area contributed by atoms with Gasteiger partial charge in [-0.25, -0.2) is 9.97 Å². The van der Waals surface area contributed by atoms with Gasteiger partial charge in [0.05, 0.1) is 33.8 Å². The number of hydrogen-bond acceptors (Lipinski definition) is 2. The molecule has 0 fully saturated rings. The van der Waals surface area contributed by atoms with Gasteiger partial charge in [0.2, 0.25) is 0 Å². The van der Waals surface area contributed by atoms with Gasteiger partial charge in [0.1, 0.15) is 0 Å². The van der Waals surface area contributed by atoms with Crippen LogP contribution in [0.15, 0.2) is 60.7 Å². The quantitative estimate of drug-likeness (QED) is 0.287. The van der Waals surface area contributed by atoms with Crippen molar-refractivity contribution < 1.29 is 16.8 Å². The van der Waals surface area contributed by atoms with Crippen molar-refractivity contribution in [3.63, 3.8) is 0 Å². The van der Waals surface area contributed by atoms with Crippen molar-refractivity contribution in [2.24, 2.45) is 0 Å². The molecule has 6 heterocycles. The minimum atomic E-state index is 0. The Hall–Kier alpha value is -3.61. The average Bonchev–Trinajstić information content (AvgIpc) is 3.50. The molecule has 6 rings (SSSR count). The molecule has 0 unspecified atom stereocenters. The third-order valence-electron chi connectivity index (χ3n) is 5.02. The molecule has 4 aromatic heterocycles. The molecule has 30 heavy (non-hydrogen) atoms. The summed E-state index contributed by atoms with van der Waals surface area (Å²) >= 11 is 0. The zero-order chi connectivity index (χ0) is 19.2. The number of rotatable bonds is 0. The fourth-order valence-electron chi connectivity index (χ4n) is 3.65. The van der Waals surface area contributed by atoms with Crippen LogP contribution < -0.4 is 0 Å². The van der Waals surface area contributed by atoms with Crippen LogP contribution in [0.25, 0.3) is 57.4 Å². The molecule has 2 aliphatic heterocycles. The maximum absolute atomic E-state index is 4.69. The Labute approximate surface area is 182 Å². The topological polar surface area (TPSA) is 73.2 Å². The number of hydrogen-bond donors (Lipinski definition) is 3. The van der Waals surface area contributed by atoms with Crippen molar-refractivity contribution in [1.29, 1.82) is 0 Å². The van der Waals surface area contributed by atoms with Gasteiger partial charge in [0, 0.05) is 38.8 Å². The molecular formula is C24H17CoN5. The van der Waals surface area contributed by atoms with Crippen LogP contribution >= 0.6 is 0 Å². The van der Waals surface area contributed by atoms with Crippen molar-refractivity contribution in [3.8, 4) is 0 Å². The summed E-state index contributed by atoms with van der Waals surface area (Å²) in [4.78, 5) is 19.7. The van der Waals surface area contributed by atoms with Gasteiger partial charge < -0.3 is 15.0 Å².